The van der Waals surface area contributed by atoms with Crippen LogP contribution in [0.4, 0.5) is 0 Å². The normalized spacial score (nSPS) is 10.7. The molecule has 0 aliphatic heterocycles. The van der Waals surface area contributed by atoms with Gasteiger partial charge in [-0.3, -0.25) is 0 Å². The van der Waals surface area contributed by atoms with Crippen LogP contribution in [-0.2, 0) is 0 Å². The number of halogens is 4. The van der Waals surface area contributed by atoms with E-state index in [2.05, 4.69) is 0 Å². The third-order valence-corrected chi connectivity index (χ3v) is 3.44. The molecule has 0 bridgehead atoms. The van der Waals surface area contributed by atoms with E-state index in [1.807, 2.05) is 0 Å². The minimum atomic E-state index is 0.272. The van der Waals surface area contributed by atoms with Crippen molar-refractivity contribution in [2.45, 2.75) is 0 Å². The summed E-state index contributed by atoms with van der Waals surface area (Å²) in [4.78, 5) is 0. The number of furan rings is 1. The van der Waals surface area contributed by atoms with Gasteiger partial charge in [0, 0.05) is 0 Å². The molecule has 0 aliphatic carbocycles. The van der Waals surface area contributed by atoms with Crippen molar-refractivity contribution in [3.05, 3.63) is 44.6 Å². The first-order chi connectivity index (χ1) is 7.11. The third kappa shape index (κ3) is 1.98. The van der Waals surface area contributed by atoms with Crippen LogP contribution in [0, 0.1) is 0 Å². The van der Waals surface area contributed by atoms with Crippen LogP contribution in [0.15, 0.2) is 28.9 Å². The molecule has 0 N–H and O–H groups in total. The summed E-state index contributed by atoms with van der Waals surface area (Å²) in [6.07, 6.45) is 1.53. The van der Waals surface area contributed by atoms with Crippen LogP contribution in [0.1, 0.15) is 0 Å². The largest absolute Gasteiger partial charge is 0.464 e. The average Bonchev–Trinajstić information content (AvgIpc) is 2.68. The standard InChI is InChI=1S/C10H4Cl4O/c11-5-4-6(12)9(13)10(14)8(5)7-2-1-3-15-7/h1-4H. The highest BCUT2D eigenvalue weighted by atomic mass is 35.5. The Kier molecular flexibility index (Phi) is 3.17. The van der Waals surface area contributed by atoms with Crippen molar-refractivity contribution in [1.29, 1.82) is 0 Å². The molecule has 78 valence electrons. The van der Waals surface area contributed by atoms with Crippen LogP contribution >= 0.6 is 46.4 Å². The fraction of sp³-hybridized carbons (Fsp3) is 0. The van der Waals surface area contributed by atoms with Gasteiger partial charge < -0.3 is 4.42 Å². The summed E-state index contributed by atoms with van der Waals surface area (Å²) in [7, 11) is 0. The van der Waals surface area contributed by atoms with Gasteiger partial charge in [0.1, 0.15) is 5.76 Å². The lowest BCUT2D eigenvalue weighted by atomic mass is 10.2. The SMILES string of the molecule is Clc1cc(Cl)c(-c2ccco2)c(Cl)c1Cl. The van der Waals surface area contributed by atoms with E-state index >= 15 is 0 Å². The number of rotatable bonds is 1. The average molecular weight is 282 g/mol. The lowest BCUT2D eigenvalue weighted by Gasteiger charge is -2.07. The fourth-order valence-corrected chi connectivity index (χ4v) is 2.31. The van der Waals surface area contributed by atoms with Gasteiger partial charge in [-0.15, -0.1) is 0 Å². The lowest BCUT2D eigenvalue weighted by molar-refractivity contribution is 0.582. The Bertz CT molecular complexity index is 491. The minimum absolute atomic E-state index is 0.272. The summed E-state index contributed by atoms with van der Waals surface area (Å²) >= 11 is 23.8. The van der Waals surface area contributed by atoms with Gasteiger partial charge in [0.25, 0.3) is 0 Å². The molecule has 15 heavy (non-hydrogen) atoms. The second-order valence-electron chi connectivity index (χ2n) is 2.82. The molecule has 0 aliphatic rings. The molecular weight excluding hydrogens is 278 g/mol. The summed E-state index contributed by atoms with van der Waals surface area (Å²) in [5.41, 5.74) is 0.553. The van der Waals surface area contributed by atoms with Crippen molar-refractivity contribution < 1.29 is 4.42 Å². The van der Waals surface area contributed by atoms with Gasteiger partial charge in [0.05, 0.1) is 31.9 Å². The van der Waals surface area contributed by atoms with E-state index < -0.39 is 0 Å². The molecule has 0 spiro atoms. The topological polar surface area (TPSA) is 13.1 Å². The molecule has 0 amide bonds. The van der Waals surface area contributed by atoms with E-state index in [-0.39, 0.29) is 5.02 Å². The molecule has 0 radical (unpaired) electrons. The van der Waals surface area contributed by atoms with Crippen LogP contribution in [-0.4, -0.2) is 0 Å². The monoisotopic (exact) mass is 280 g/mol. The van der Waals surface area contributed by atoms with E-state index in [0.29, 0.717) is 26.4 Å². The second-order valence-corrected chi connectivity index (χ2v) is 4.39. The summed E-state index contributed by atoms with van der Waals surface area (Å²) in [5, 5.41) is 1.30. The van der Waals surface area contributed by atoms with Crippen LogP contribution in [0.25, 0.3) is 11.3 Å². The van der Waals surface area contributed by atoms with E-state index in [1.54, 1.807) is 12.1 Å². The number of benzene rings is 1. The van der Waals surface area contributed by atoms with E-state index in [0.717, 1.165) is 0 Å². The van der Waals surface area contributed by atoms with E-state index in [1.165, 1.54) is 12.3 Å². The summed E-state index contributed by atoms with van der Waals surface area (Å²) < 4.78 is 5.21. The maximum Gasteiger partial charge on any atom is 0.136 e. The van der Waals surface area contributed by atoms with E-state index in [9.17, 15) is 0 Å². The van der Waals surface area contributed by atoms with Crippen LogP contribution in [0.5, 0.6) is 0 Å². The number of hydrogen-bond donors (Lipinski definition) is 0. The van der Waals surface area contributed by atoms with Gasteiger partial charge in [-0.2, -0.15) is 0 Å². The van der Waals surface area contributed by atoms with Crippen LogP contribution in [0.3, 0.4) is 0 Å². The Morgan fingerprint density at radius 3 is 2.27 bits per heavy atom. The highest BCUT2D eigenvalue weighted by molar-refractivity contribution is 6.51. The van der Waals surface area contributed by atoms with E-state index in [4.69, 9.17) is 50.8 Å². The molecule has 0 atom stereocenters. The Balaban J connectivity index is 2.72. The van der Waals surface area contributed by atoms with Crippen molar-refractivity contribution in [2.24, 2.45) is 0 Å². The summed E-state index contributed by atoms with van der Waals surface area (Å²) in [6, 6.07) is 5.02. The molecule has 1 aromatic heterocycles. The van der Waals surface area contributed by atoms with Gasteiger partial charge in [0.15, 0.2) is 0 Å². The highest BCUT2D eigenvalue weighted by Gasteiger charge is 2.16. The van der Waals surface area contributed by atoms with Crippen molar-refractivity contribution in [3.8, 4) is 11.3 Å². The number of hydrogen-bond acceptors (Lipinski definition) is 1. The predicted molar refractivity (Wildman–Crippen MR) is 64.2 cm³/mol. The van der Waals surface area contributed by atoms with Gasteiger partial charge in [0.2, 0.25) is 0 Å². The van der Waals surface area contributed by atoms with Crippen molar-refractivity contribution in [3.63, 3.8) is 0 Å². The second kappa shape index (κ2) is 4.26. The van der Waals surface area contributed by atoms with Gasteiger partial charge in [-0.25, -0.2) is 0 Å². The first-order valence-corrected chi connectivity index (χ1v) is 5.49. The predicted octanol–water partition coefficient (Wildman–Crippen LogP) is 5.56. The van der Waals surface area contributed by atoms with Crippen LogP contribution in [0.2, 0.25) is 20.1 Å². The first kappa shape index (κ1) is 11.2. The maximum atomic E-state index is 6.03. The van der Waals surface area contributed by atoms with Gasteiger partial charge >= 0.3 is 0 Å². The van der Waals surface area contributed by atoms with Gasteiger partial charge in [-0.05, 0) is 18.2 Å². The zero-order valence-corrected chi connectivity index (χ0v) is 10.3. The Hall–Kier alpha value is -0.340. The molecule has 2 rings (SSSR count). The minimum Gasteiger partial charge on any atom is -0.464 e. The maximum absolute atomic E-state index is 6.03. The smallest absolute Gasteiger partial charge is 0.136 e. The van der Waals surface area contributed by atoms with Crippen molar-refractivity contribution >= 4 is 46.4 Å². The highest BCUT2D eigenvalue weighted by Crippen LogP contribution is 2.42. The van der Waals surface area contributed by atoms with Crippen molar-refractivity contribution in [1.82, 2.24) is 0 Å². The third-order valence-electron chi connectivity index (χ3n) is 1.88. The van der Waals surface area contributed by atoms with Crippen LogP contribution < -0.4 is 0 Å². The fourth-order valence-electron chi connectivity index (χ4n) is 1.21. The Morgan fingerprint density at radius 2 is 1.67 bits per heavy atom. The molecule has 0 fully saturated rings. The lowest BCUT2D eigenvalue weighted by Crippen LogP contribution is -1.82. The Labute approximate surface area is 106 Å². The molecule has 0 unspecified atom stereocenters. The van der Waals surface area contributed by atoms with Crippen molar-refractivity contribution in [2.75, 3.05) is 0 Å². The molecule has 1 heterocycles. The summed E-state index contributed by atoms with van der Waals surface area (Å²) in [6.45, 7) is 0. The summed E-state index contributed by atoms with van der Waals surface area (Å²) in [5.74, 6) is 0.559. The molecule has 0 saturated carbocycles. The molecule has 1 aromatic carbocycles. The molecule has 1 nitrogen and oxygen atoms in total. The van der Waals surface area contributed by atoms with Gasteiger partial charge in [-0.1, -0.05) is 46.4 Å². The quantitative estimate of drug-likeness (QED) is 0.493. The molecule has 0 saturated heterocycles. The Morgan fingerprint density at radius 1 is 0.933 bits per heavy atom. The molecule has 5 heteroatoms. The molecule has 2 aromatic rings. The molecular formula is C10H4Cl4O. The first-order valence-electron chi connectivity index (χ1n) is 3.98. The zero-order valence-electron chi connectivity index (χ0n) is 7.23. The zero-order chi connectivity index (χ0) is 11.0.